The lowest BCUT2D eigenvalue weighted by molar-refractivity contribution is -0.115. The largest absolute Gasteiger partial charge is 0.366 e. The highest BCUT2D eigenvalue weighted by Crippen LogP contribution is 1.78. The molecule has 0 aliphatic rings. The van der Waals surface area contributed by atoms with Crippen molar-refractivity contribution >= 4 is 23.6 Å². The van der Waals surface area contributed by atoms with Gasteiger partial charge in [-0.05, 0) is 25.2 Å². The van der Waals surface area contributed by atoms with E-state index < -0.39 is 23.6 Å². The highest BCUT2D eigenvalue weighted by atomic mass is 16.2. The predicted octanol–water partition coefficient (Wildman–Crippen LogP) is -0.979. The molecule has 8 nitrogen and oxygen atoms in total. The number of primary amides is 4. The summed E-state index contributed by atoms with van der Waals surface area (Å²) in [7, 11) is 0. The van der Waals surface area contributed by atoms with Crippen LogP contribution in [0.1, 0.15) is 6.92 Å². The lowest BCUT2D eigenvalue weighted by Crippen LogP contribution is -2.10. The second-order valence-corrected chi connectivity index (χ2v) is 2.96. The van der Waals surface area contributed by atoms with E-state index in [0.29, 0.717) is 5.57 Å². The fraction of sp³-hybridized carbons (Fsp3) is 0.0769. The Kier molecular flexibility index (Phi) is 24.1. The van der Waals surface area contributed by atoms with Crippen LogP contribution in [-0.2, 0) is 19.2 Å². The van der Waals surface area contributed by atoms with Crippen LogP contribution in [0.2, 0.25) is 0 Å². The van der Waals surface area contributed by atoms with Crippen molar-refractivity contribution in [1.82, 2.24) is 0 Å². The first-order valence-electron chi connectivity index (χ1n) is 5.17. The average Bonchev–Trinajstić information content (AvgIpc) is 2.40. The summed E-state index contributed by atoms with van der Waals surface area (Å²) in [5.74, 6) is -1.88. The van der Waals surface area contributed by atoms with E-state index in [1.807, 2.05) is 0 Å². The Morgan fingerprint density at radius 2 is 0.810 bits per heavy atom. The van der Waals surface area contributed by atoms with Gasteiger partial charge in [0.05, 0.1) is 0 Å². The van der Waals surface area contributed by atoms with Crippen molar-refractivity contribution in [3.63, 3.8) is 0 Å². The molecule has 8 N–H and O–H groups in total. The van der Waals surface area contributed by atoms with Gasteiger partial charge in [0, 0.05) is 5.57 Å². The highest BCUT2D eigenvalue weighted by molar-refractivity contribution is 5.90. The molecule has 118 valence electrons. The lowest BCUT2D eigenvalue weighted by atomic mass is 10.3. The third-order valence-corrected chi connectivity index (χ3v) is 1.02. The van der Waals surface area contributed by atoms with Crippen LogP contribution in [0.3, 0.4) is 0 Å². The van der Waals surface area contributed by atoms with E-state index in [0.717, 1.165) is 18.2 Å². The van der Waals surface area contributed by atoms with E-state index in [1.54, 1.807) is 6.92 Å². The van der Waals surface area contributed by atoms with Gasteiger partial charge < -0.3 is 22.9 Å². The molecule has 21 heavy (non-hydrogen) atoms. The second kappa shape index (κ2) is 19.2. The van der Waals surface area contributed by atoms with Gasteiger partial charge in [-0.1, -0.05) is 26.3 Å². The Morgan fingerprint density at radius 3 is 0.810 bits per heavy atom. The molecule has 0 aromatic rings. The van der Waals surface area contributed by atoms with Gasteiger partial charge in [-0.15, -0.1) is 0 Å². The van der Waals surface area contributed by atoms with Crippen molar-refractivity contribution in [3.05, 3.63) is 50.1 Å². The monoisotopic (exact) mass is 298 g/mol. The molecule has 0 aliphatic carbocycles. The fourth-order valence-corrected chi connectivity index (χ4v) is 0. The number of rotatable bonds is 4. The molecule has 0 radical (unpaired) electrons. The standard InChI is InChI=1S/C4H7NO.3C3H5NO/c1-3(2)4(5)6;3*1-2-3(4)5/h1H2,2H3,(H2,5,6);3*2H,1H2,(H2,4,5). The van der Waals surface area contributed by atoms with Crippen LogP contribution < -0.4 is 22.9 Å². The SMILES string of the molecule is C=C(C)C(N)=O.C=CC(N)=O.C=CC(N)=O.C=CC(N)=O. The smallest absolute Gasteiger partial charge is 0.243 e. The molecule has 0 aliphatic heterocycles. The Bertz CT molecular complexity index is 360. The molecule has 0 aromatic carbocycles. The Labute approximate surface area is 123 Å². The van der Waals surface area contributed by atoms with Crippen LogP contribution in [0.4, 0.5) is 0 Å². The fourth-order valence-electron chi connectivity index (χ4n) is 0. The molecule has 0 saturated carbocycles. The van der Waals surface area contributed by atoms with Gasteiger partial charge in [0.1, 0.15) is 0 Å². The van der Waals surface area contributed by atoms with Gasteiger partial charge in [-0.2, -0.15) is 0 Å². The molecule has 0 saturated heterocycles. The predicted molar refractivity (Wildman–Crippen MR) is 82.2 cm³/mol. The minimum Gasteiger partial charge on any atom is -0.366 e. The molecule has 0 aromatic heterocycles. The minimum absolute atomic E-state index is 0.398. The van der Waals surface area contributed by atoms with Crippen LogP contribution >= 0.6 is 0 Å². The molecule has 4 amide bonds. The van der Waals surface area contributed by atoms with Gasteiger partial charge in [-0.3, -0.25) is 19.2 Å². The first-order valence-corrected chi connectivity index (χ1v) is 5.17. The van der Waals surface area contributed by atoms with Crippen molar-refractivity contribution in [1.29, 1.82) is 0 Å². The summed E-state index contributed by atoms with van der Waals surface area (Å²) in [4.78, 5) is 38.2. The summed E-state index contributed by atoms with van der Waals surface area (Å²) in [5, 5.41) is 0. The van der Waals surface area contributed by atoms with Gasteiger partial charge in [-0.25, -0.2) is 0 Å². The molecule has 8 heteroatoms. The molecular weight excluding hydrogens is 276 g/mol. The van der Waals surface area contributed by atoms with Crippen molar-refractivity contribution in [2.45, 2.75) is 6.92 Å². The van der Waals surface area contributed by atoms with Crippen molar-refractivity contribution in [2.75, 3.05) is 0 Å². The zero-order chi connectivity index (χ0) is 18.0. The number of amides is 4. The average molecular weight is 298 g/mol. The molecule has 0 bridgehead atoms. The summed E-state index contributed by atoms with van der Waals surface area (Å²) in [5.41, 5.74) is 18.7. The zero-order valence-corrected chi connectivity index (χ0v) is 12.0. The van der Waals surface area contributed by atoms with E-state index in [1.165, 1.54) is 0 Å². The first-order chi connectivity index (χ1) is 9.45. The van der Waals surface area contributed by atoms with E-state index in [2.05, 4.69) is 43.5 Å². The van der Waals surface area contributed by atoms with Crippen LogP contribution in [0.25, 0.3) is 0 Å². The first kappa shape index (κ1) is 26.4. The maximum absolute atomic E-state index is 9.82. The number of carbonyl (C=O) groups is 4. The summed E-state index contributed by atoms with van der Waals surface area (Å²) >= 11 is 0. The summed E-state index contributed by atoms with van der Waals surface area (Å²) in [6, 6.07) is 0. The molecule has 0 rings (SSSR count). The van der Waals surface area contributed by atoms with Crippen LogP contribution in [0, 0.1) is 0 Å². The zero-order valence-electron chi connectivity index (χ0n) is 12.0. The Morgan fingerprint density at radius 1 is 0.714 bits per heavy atom. The van der Waals surface area contributed by atoms with Crippen LogP contribution in [-0.4, -0.2) is 23.6 Å². The van der Waals surface area contributed by atoms with Gasteiger partial charge >= 0.3 is 0 Å². The number of nitrogens with two attached hydrogens (primary N) is 4. The minimum atomic E-state index is -0.481. The highest BCUT2D eigenvalue weighted by Gasteiger charge is 1.86. The number of hydrogen-bond donors (Lipinski definition) is 4. The van der Waals surface area contributed by atoms with E-state index >= 15 is 0 Å². The number of hydrogen-bond acceptors (Lipinski definition) is 4. The van der Waals surface area contributed by atoms with E-state index in [4.69, 9.17) is 5.73 Å². The van der Waals surface area contributed by atoms with Crippen LogP contribution in [0.5, 0.6) is 0 Å². The summed E-state index contributed by atoms with van der Waals surface area (Å²) in [6.45, 7) is 14.1. The third-order valence-electron chi connectivity index (χ3n) is 1.02. The van der Waals surface area contributed by atoms with E-state index in [-0.39, 0.29) is 0 Å². The molecule has 0 spiro atoms. The van der Waals surface area contributed by atoms with Crippen LogP contribution in [0.15, 0.2) is 50.1 Å². The summed E-state index contributed by atoms with van der Waals surface area (Å²) in [6.07, 6.45) is 3.17. The topological polar surface area (TPSA) is 172 Å². The number of carbonyl (C=O) groups excluding carboxylic acids is 4. The maximum Gasteiger partial charge on any atom is 0.243 e. The summed E-state index contributed by atoms with van der Waals surface area (Å²) < 4.78 is 0. The normalized spacial score (nSPS) is 6.71. The van der Waals surface area contributed by atoms with Crippen molar-refractivity contribution in [3.8, 4) is 0 Å². The van der Waals surface area contributed by atoms with Gasteiger partial charge in [0.25, 0.3) is 0 Å². The Balaban J connectivity index is -0.0000000921. The quantitative estimate of drug-likeness (QED) is 0.489. The van der Waals surface area contributed by atoms with Crippen molar-refractivity contribution in [2.24, 2.45) is 22.9 Å². The van der Waals surface area contributed by atoms with E-state index in [9.17, 15) is 19.2 Å². The maximum atomic E-state index is 9.82. The molecule has 0 atom stereocenters. The lowest BCUT2D eigenvalue weighted by Gasteiger charge is -1.81. The molecule has 0 unspecified atom stereocenters. The van der Waals surface area contributed by atoms with Gasteiger partial charge in [0.15, 0.2) is 0 Å². The third kappa shape index (κ3) is 79.3. The molecule has 0 heterocycles. The molecular formula is C13H22N4O4. The molecule has 0 fully saturated rings. The van der Waals surface area contributed by atoms with Crippen molar-refractivity contribution < 1.29 is 19.2 Å². The Hall–Kier alpha value is -3.16. The van der Waals surface area contributed by atoms with Gasteiger partial charge in [0.2, 0.25) is 23.6 Å². The second-order valence-electron chi connectivity index (χ2n) is 2.96.